The van der Waals surface area contributed by atoms with Crippen molar-refractivity contribution in [3.8, 4) is 0 Å². The normalized spacial score (nSPS) is 12.2. The minimum atomic E-state index is 0.231. The van der Waals surface area contributed by atoms with Crippen LogP contribution < -0.4 is 0 Å². The molecule has 0 aliphatic rings. The van der Waals surface area contributed by atoms with E-state index in [9.17, 15) is 4.79 Å². The summed E-state index contributed by atoms with van der Waals surface area (Å²) in [5.41, 5.74) is 0.918. The molecule has 0 aliphatic carbocycles. The quantitative estimate of drug-likeness (QED) is 0.0870. The van der Waals surface area contributed by atoms with Crippen LogP contribution in [0, 0.1) is 5.92 Å². The van der Waals surface area contributed by atoms with Gasteiger partial charge in [0.05, 0.1) is 0 Å². The van der Waals surface area contributed by atoms with E-state index in [2.05, 4.69) is 13.8 Å². The average molecular weight is 499 g/mol. The molecule has 0 spiro atoms. The number of hydrogen-bond acceptors (Lipinski definition) is 1. The van der Waals surface area contributed by atoms with Crippen molar-refractivity contribution >= 4 is 5.78 Å². The van der Waals surface area contributed by atoms with Gasteiger partial charge >= 0.3 is 0 Å². The molecular weight excluding hydrogens is 436 g/mol. The first-order valence-corrected chi connectivity index (χ1v) is 16.4. The Morgan fingerprint density at radius 3 is 1.11 bits per heavy atom. The number of Topliss-reactive ketones (excluding diaryl/α,β-unsaturated/α-hetero) is 1. The van der Waals surface area contributed by atoms with E-state index in [1.807, 2.05) is 30.3 Å². The van der Waals surface area contributed by atoms with Crippen molar-refractivity contribution in [3.05, 3.63) is 35.9 Å². The molecule has 0 N–H and O–H groups in total. The van der Waals surface area contributed by atoms with E-state index in [0.29, 0.717) is 5.78 Å². The Labute approximate surface area is 226 Å². The Kier molecular flexibility index (Phi) is 23.4. The summed E-state index contributed by atoms with van der Waals surface area (Å²) in [6, 6.07) is 10.0. The average Bonchev–Trinajstić information content (AvgIpc) is 2.91. The number of unbranched alkanes of at least 4 members (excludes halogenated alkanes) is 21. The molecular formula is C35H62O. The summed E-state index contributed by atoms with van der Waals surface area (Å²) in [6.45, 7) is 4.57. The van der Waals surface area contributed by atoms with Gasteiger partial charge in [0, 0.05) is 11.5 Å². The first kappa shape index (κ1) is 32.9. The first-order chi connectivity index (χ1) is 17.8. The minimum absolute atomic E-state index is 0.231. The fourth-order valence-corrected chi connectivity index (χ4v) is 5.53. The van der Waals surface area contributed by atoms with Gasteiger partial charge in [-0.15, -0.1) is 0 Å². The number of carbonyl (C=O) groups excluding carboxylic acids is 1. The highest BCUT2D eigenvalue weighted by Crippen LogP contribution is 2.23. The van der Waals surface area contributed by atoms with Gasteiger partial charge in [-0.25, -0.2) is 0 Å². The summed E-state index contributed by atoms with van der Waals surface area (Å²) in [6.07, 6.45) is 33.9. The number of rotatable bonds is 27. The van der Waals surface area contributed by atoms with Gasteiger partial charge in [-0.2, -0.15) is 0 Å². The van der Waals surface area contributed by atoms with Crippen LogP contribution in [0.2, 0.25) is 0 Å². The molecule has 36 heavy (non-hydrogen) atoms. The summed E-state index contributed by atoms with van der Waals surface area (Å²) in [5, 5.41) is 0. The van der Waals surface area contributed by atoms with E-state index in [4.69, 9.17) is 0 Å². The fraction of sp³-hybridized carbons (Fsp3) is 0.800. The van der Waals surface area contributed by atoms with Crippen LogP contribution in [0.4, 0.5) is 0 Å². The molecule has 0 saturated carbocycles. The molecule has 0 radical (unpaired) electrons. The van der Waals surface area contributed by atoms with E-state index in [-0.39, 0.29) is 5.92 Å². The highest BCUT2D eigenvalue weighted by atomic mass is 16.1. The lowest BCUT2D eigenvalue weighted by atomic mass is 9.87. The van der Waals surface area contributed by atoms with E-state index in [1.54, 1.807) is 0 Å². The molecule has 1 aromatic rings. The second kappa shape index (κ2) is 25.5. The van der Waals surface area contributed by atoms with Crippen LogP contribution in [0.25, 0.3) is 0 Å². The van der Waals surface area contributed by atoms with Gasteiger partial charge in [0.2, 0.25) is 0 Å². The molecule has 208 valence electrons. The van der Waals surface area contributed by atoms with E-state index in [0.717, 1.165) is 18.4 Å². The number of hydrogen-bond donors (Lipinski definition) is 0. The van der Waals surface area contributed by atoms with E-state index in [1.165, 1.54) is 148 Å². The van der Waals surface area contributed by atoms with Gasteiger partial charge in [0.15, 0.2) is 5.78 Å². The van der Waals surface area contributed by atoms with Crippen LogP contribution in [0.5, 0.6) is 0 Å². The molecule has 0 aliphatic heterocycles. The highest BCUT2D eigenvalue weighted by Gasteiger charge is 2.19. The lowest BCUT2D eigenvalue weighted by Gasteiger charge is -2.16. The van der Waals surface area contributed by atoms with Crippen molar-refractivity contribution in [1.82, 2.24) is 0 Å². The molecule has 1 heteroatoms. The van der Waals surface area contributed by atoms with Crippen molar-refractivity contribution < 1.29 is 4.79 Å². The molecule has 1 rings (SSSR count). The predicted molar refractivity (Wildman–Crippen MR) is 161 cm³/mol. The van der Waals surface area contributed by atoms with Crippen molar-refractivity contribution in [3.63, 3.8) is 0 Å². The van der Waals surface area contributed by atoms with Gasteiger partial charge in [-0.1, -0.05) is 192 Å². The Balaban J connectivity index is 2.09. The smallest absolute Gasteiger partial charge is 0.165 e. The molecule has 0 fully saturated rings. The third-order valence-corrected chi connectivity index (χ3v) is 7.99. The zero-order valence-corrected chi connectivity index (χ0v) is 24.6. The Morgan fingerprint density at radius 1 is 0.472 bits per heavy atom. The van der Waals surface area contributed by atoms with Gasteiger partial charge in [0.25, 0.3) is 0 Å². The van der Waals surface area contributed by atoms with Crippen molar-refractivity contribution in [2.45, 2.75) is 174 Å². The topological polar surface area (TPSA) is 17.1 Å². The monoisotopic (exact) mass is 498 g/mol. The summed E-state index contributed by atoms with van der Waals surface area (Å²) in [7, 11) is 0. The molecule has 1 atom stereocenters. The standard InChI is InChI=1S/C35H62O/c1-3-5-7-9-11-12-13-14-15-16-17-18-19-21-23-26-30-33(29-25-22-20-10-8-6-4-2)35(36)34-31-27-24-28-32-34/h24,27-28,31-33H,3-23,25-26,29-30H2,1-2H3. The fourth-order valence-electron chi connectivity index (χ4n) is 5.53. The lowest BCUT2D eigenvalue weighted by Crippen LogP contribution is -2.15. The largest absolute Gasteiger partial charge is 0.294 e. The molecule has 0 heterocycles. The predicted octanol–water partition coefficient (Wildman–Crippen LogP) is 12.3. The Bertz CT molecular complexity index is 578. The zero-order chi connectivity index (χ0) is 25.9. The minimum Gasteiger partial charge on any atom is -0.294 e. The number of ketones is 1. The van der Waals surface area contributed by atoms with E-state index < -0.39 is 0 Å². The van der Waals surface area contributed by atoms with Crippen LogP contribution >= 0.6 is 0 Å². The third-order valence-electron chi connectivity index (χ3n) is 7.99. The Morgan fingerprint density at radius 2 is 0.778 bits per heavy atom. The zero-order valence-electron chi connectivity index (χ0n) is 24.6. The highest BCUT2D eigenvalue weighted by molar-refractivity contribution is 5.97. The maximum absolute atomic E-state index is 13.1. The van der Waals surface area contributed by atoms with Crippen LogP contribution in [0.3, 0.4) is 0 Å². The van der Waals surface area contributed by atoms with Gasteiger partial charge in [-0.05, 0) is 12.8 Å². The van der Waals surface area contributed by atoms with Crippen LogP contribution in [-0.2, 0) is 0 Å². The molecule has 0 aromatic heterocycles. The second-order valence-electron chi connectivity index (χ2n) is 11.4. The van der Waals surface area contributed by atoms with Crippen LogP contribution in [-0.4, -0.2) is 5.78 Å². The third kappa shape index (κ3) is 19.1. The first-order valence-electron chi connectivity index (χ1n) is 16.4. The number of benzene rings is 1. The molecule has 1 unspecified atom stereocenters. The molecule has 1 aromatic carbocycles. The molecule has 0 saturated heterocycles. The summed E-state index contributed by atoms with van der Waals surface area (Å²) in [4.78, 5) is 13.1. The Hall–Kier alpha value is -1.11. The van der Waals surface area contributed by atoms with Crippen LogP contribution in [0.1, 0.15) is 185 Å². The summed E-state index contributed by atoms with van der Waals surface area (Å²) < 4.78 is 0. The molecule has 1 nitrogen and oxygen atoms in total. The summed E-state index contributed by atoms with van der Waals surface area (Å²) >= 11 is 0. The van der Waals surface area contributed by atoms with Crippen molar-refractivity contribution in [2.24, 2.45) is 5.92 Å². The molecule has 0 amide bonds. The number of carbonyl (C=O) groups is 1. The maximum atomic E-state index is 13.1. The maximum Gasteiger partial charge on any atom is 0.165 e. The van der Waals surface area contributed by atoms with Gasteiger partial charge in [-0.3, -0.25) is 4.79 Å². The van der Waals surface area contributed by atoms with Crippen LogP contribution in [0.15, 0.2) is 30.3 Å². The van der Waals surface area contributed by atoms with Crippen molar-refractivity contribution in [2.75, 3.05) is 0 Å². The van der Waals surface area contributed by atoms with Gasteiger partial charge < -0.3 is 0 Å². The SMILES string of the molecule is CCCCCCCCCCCCCCCCCCC(CCCCCCCCC)C(=O)c1ccccc1. The van der Waals surface area contributed by atoms with Gasteiger partial charge in [0.1, 0.15) is 0 Å². The van der Waals surface area contributed by atoms with E-state index >= 15 is 0 Å². The summed E-state index contributed by atoms with van der Waals surface area (Å²) in [5.74, 6) is 0.622. The van der Waals surface area contributed by atoms with Crippen molar-refractivity contribution in [1.29, 1.82) is 0 Å². The molecule has 0 bridgehead atoms. The lowest BCUT2D eigenvalue weighted by molar-refractivity contribution is 0.0901. The second-order valence-corrected chi connectivity index (χ2v) is 11.4.